The van der Waals surface area contributed by atoms with Crippen molar-refractivity contribution in [3.63, 3.8) is 0 Å². The molecule has 11 heteroatoms. The molecule has 2 heterocycles. The highest BCUT2D eigenvalue weighted by Crippen LogP contribution is 2.22. The number of aliphatic hydroxyl groups excluding tert-OH is 1. The molecule has 0 radical (unpaired) electrons. The molecule has 30 heavy (non-hydrogen) atoms. The molecule has 0 spiro atoms. The number of halogens is 1. The van der Waals surface area contributed by atoms with Crippen LogP contribution in [0.5, 0.6) is 0 Å². The van der Waals surface area contributed by atoms with Gasteiger partial charge in [0.25, 0.3) is 5.91 Å². The summed E-state index contributed by atoms with van der Waals surface area (Å²) in [5, 5.41) is 23.2. The topological polar surface area (TPSA) is 129 Å². The summed E-state index contributed by atoms with van der Waals surface area (Å²) in [6.07, 6.45) is 0. The van der Waals surface area contributed by atoms with E-state index in [0.29, 0.717) is 28.3 Å². The van der Waals surface area contributed by atoms with Crippen LogP contribution in [0.25, 0.3) is 0 Å². The smallest absolute Gasteiger partial charge is 0.321 e. The van der Waals surface area contributed by atoms with E-state index in [4.69, 9.17) is 4.52 Å². The number of hydrogen-bond donors (Lipinski definition) is 4. The zero-order valence-corrected chi connectivity index (χ0v) is 17.0. The van der Waals surface area contributed by atoms with Crippen molar-refractivity contribution in [2.45, 2.75) is 26.4 Å². The number of carbonyl (C=O) groups is 2. The van der Waals surface area contributed by atoms with Crippen LogP contribution in [0.2, 0.25) is 0 Å². The Kier molecular flexibility index (Phi) is 6.75. The van der Waals surface area contributed by atoms with Gasteiger partial charge in [-0.1, -0.05) is 17.3 Å². The van der Waals surface area contributed by atoms with Gasteiger partial charge in [0.1, 0.15) is 17.1 Å². The Balaban J connectivity index is 1.58. The number of rotatable bonds is 7. The van der Waals surface area contributed by atoms with E-state index in [1.807, 2.05) is 0 Å². The number of urea groups is 1. The molecule has 2 aromatic heterocycles. The van der Waals surface area contributed by atoms with Crippen molar-refractivity contribution in [3.05, 3.63) is 63.7 Å². The van der Waals surface area contributed by atoms with Gasteiger partial charge in [0.2, 0.25) is 0 Å². The minimum Gasteiger partial charge on any atom is -0.394 e. The molecule has 0 saturated carbocycles. The number of amides is 3. The quantitative estimate of drug-likeness (QED) is 0.453. The molecular weight excluding hydrogens is 413 g/mol. The monoisotopic (exact) mass is 433 g/mol. The fourth-order valence-electron chi connectivity index (χ4n) is 2.72. The summed E-state index contributed by atoms with van der Waals surface area (Å²) >= 11 is 1.14. The maximum Gasteiger partial charge on any atom is 0.321 e. The highest BCUT2D eigenvalue weighted by molar-refractivity contribution is 7.13. The van der Waals surface area contributed by atoms with E-state index in [-0.39, 0.29) is 24.1 Å². The van der Waals surface area contributed by atoms with Crippen molar-refractivity contribution in [2.75, 3.05) is 11.9 Å². The van der Waals surface area contributed by atoms with E-state index in [0.717, 1.165) is 11.3 Å². The lowest BCUT2D eigenvalue weighted by Crippen LogP contribution is -2.32. The second-order valence-corrected chi connectivity index (χ2v) is 7.28. The normalized spacial score (nSPS) is 11.7. The fraction of sp³-hybridized carbons (Fsp3) is 0.263. The van der Waals surface area contributed by atoms with Crippen molar-refractivity contribution < 1.29 is 23.6 Å². The predicted molar refractivity (Wildman–Crippen MR) is 108 cm³/mol. The second kappa shape index (κ2) is 9.46. The first-order valence-electron chi connectivity index (χ1n) is 8.96. The Labute approximate surface area is 175 Å². The SMILES string of the molecule is Cc1noc(C)c1C(=O)NC(CO)c1csc(NC(=O)NCc2cccc(F)c2)n1. The molecular formula is C19H20FN5O4S. The van der Waals surface area contributed by atoms with Crippen LogP contribution in [0, 0.1) is 19.7 Å². The molecule has 0 bridgehead atoms. The maximum atomic E-state index is 13.2. The van der Waals surface area contributed by atoms with E-state index in [1.165, 1.54) is 12.1 Å². The minimum absolute atomic E-state index is 0.147. The molecule has 0 aliphatic carbocycles. The number of aryl methyl sites for hydroxylation is 2. The summed E-state index contributed by atoms with van der Waals surface area (Å²) in [4.78, 5) is 28.7. The molecule has 3 amide bonds. The van der Waals surface area contributed by atoms with Gasteiger partial charge in [-0.2, -0.15) is 0 Å². The number of hydrogen-bond acceptors (Lipinski definition) is 7. The number of anilines is 1. The van der Waals surface area contributed by atoms with Gasteiger partial charge in [-0.25, -0.2) is 14.2 Å². The van der Waals surface area contributed by atoms with Gasteiger partial charge in [0, 0.05) is 11.9 Å². The van der Waals surface area contributed by atoms with Crippen molar-refractivity contribution >= 4 is 28.4 Å². The first-order chi connectivity index (χ1) is 14.4. The number of aliphatic hydroxyl groups is 1. The van der Waals surface area contributed by atoms with Crippen LogP contribution in [0.4, 0.5) is 14.3 Å². The van der Waals surface area contributed by atoms with E-state index in [1.54, 1.807) is 31.4 Å². The van der Waals surface area contributed by atoms with E-state index in [2.05, 4.69) is 26.1 Å². The number of nitrogens with zero attached hydrogens (tertiary/aromatic N) is 2. The summed E-state index contributed by atoms with van der Waals surface area (Å²) in [5.41, 5.74) is 1.76. The summed E-state index contributed by atoms with van der Waals surface area (Å²) in [7, 11) is 0. The lowest BCUT2D eigenvalue weighted by atomic mass is 10.1. The standard InChI is InChI=1S/C19H20FN5O4S/c1-10-16(11(2)29-25-10)17(27)22-14(8-26)15-9-30-19(23-15)24-18(28)21-7-12-4-3-5-13(20)6-12/h3-6,9,14,26H,7-8H2,1-2H3,(H,22,27)(H2,21,23,24,28). The highest BCUT2D eigenvalue weighted by atomic mass is 32.1. The van der Waals surface area contributed by atoms with E-state index in [9.17, 15) is 19.1 Å². The van der Waals surface area contributed by atoms with Crippen molar-refractivity contribution in [1.82, 2.24) is 20.8 Å². The third-order valence-corrected chi connectivity index (χ3v) is 4.97. The summed E-state index contributed by atoms with van der Waals surface area (Å²) in [5.74, 6) is -0.453. The van der Waals surface area contributed by atoms with Crippen LogP contribution in [0.3, 0.4) is 0 Å². The van der Waals surface area contributed by atoms with Crippen LogP contribution in [-0.4, -0.2) is 33.8 Å². The summed E-state index contributed by atoms with van der Waals surface area (Å²) in [6, 6.07) is 4.62. The van der Waals surface area contributed by atoms with Crippen molar-refractivity contribution in [1.29, 1.82) is 0 Å². The molecule has 0 fully saturated rings. The van der Waals surface area contributed by atoms with Gasteiger partial charge in [0.15, 0.2) is 5.13 Å². The molecule has 4 N–H and O–H groups in total. The van der Waals surface area contributed by atoms with Crippen LogP contribution < -0.4 is 16.0 Å². The Hall–Kier alpha value is -3.31. The zero-order chi connectivity index (χ0) is 21.7. The maximum absolute atomic E-state index is 13.2. The highest BCUT2D eigenvalue weighted by Gasteiger charge is 2.23. The third kappa shape index (κ3) is 5.19. The first-order valence-corrected chi connectivity index (χ1v) is 9.84. The number of nitrogens with one attached hydrogen (secondary N) is 3. The molecule has 0 aliphatic rings. The van der Waals surface area contributed by atoms with Gasteiger partial charge < -0.3 is 20.3 Å². The lowest BCUT2D eigenvalue weighted by molar-refractivity contribution is 0.0913. The van der Waals surface area contributed by atoms with E-state index >= 15 is 0 Å². The van der Waals surface area contributed by atoms with Crippen LogP contribution >= 0.6 is 11.3 Å². The lowest BCUT2D eigenvalue weighted by Gasteiger charge is -2.14. The Morgan fingerprint density at radius 2 is 2.13 bits per heavy atom. The number of aromatic nitrogens is 2. The minimum atomic E-state index is -0.770. The molecule has 1 aromatic carbocycles. The van der Waals surface area contributed by atoms with Crippen molar-refractivity contribution in [3.8, 4) is 0 Å². The number of thiazole rings is 1. The molecule has 3 aromatic rings. The summed E-state index contributed by atoms with van der Waals surface area (Å²) < 4.78 is 18.2. The third-order valence-electron chi connectivity index (χ3n) is 4.19. The molecule has 0 saturated heterocycles. The molecule has 3 rings (SSSR count). The van der Waals surface area contributed by atoms with Crippen LogP contribution in [-0.2, 0) is 6.54 Å². The molecule has 158 valence electrons. The zero-order valence-electron chi connectivity index (χ0n) is 16.2. The fourth-order valence-corrected chi connectivity index (χ4v) is 3.48. The largest absolute Gasteiger partial charge is 0.394 e. The van der Waals surface area contributed by atoms with Crippen LogP contribution in [0.1, 0.15) is 39.1 Å². The second-order valence-electron chi connectivity index (χ2n) is 6.42. The van der Waals surface area contributed by atoms with E-state index < -0.39 is 18.0 Å². The number of benzene rings is 1. The molecule has 0 aliphatic heterocycles. The summed E-state index contributed by atoms with van der Waals surface area (Å²) in [6.45, 7) is 3.03. The molecule has 9 nitrogen and oxygen atoms in total. The molecule has 1 atom stereocenters. The average molecular weight is 433 g/mol. The number of carbonyl (C=O) groups excluding carboxylic acids is 2. The van der Waals surface area contributed by atoms with Gasteiger partial charge in [-0.15, -0.1) is 11.3 Å². The Morgan fingerprint density at radius 3 is 2.80 bits per heavy atom. The van der Waals surface area contributed by atoms with Gasteiger partial charge in [-0.3, -0.25) is 10.1 Å². The first kappa shape index (κ1) is 21.4. The van der Waals surface area contributed by atoms with Gasteiger partial charge in [0.05, 0.1) is 24.0 Å². The van der Waals surface area contributed by atoms with Gasteiger partial charge in [-0.05, 0) is 31.5 Å². The van der Waals surface area contributed by atoms with Gasteiger partial charge >= 0.3 is 6.03 Å². The van der Waals surface area contributed by atoms with Crippen molar-refractivity contribution in [2.24, 2.45) is 0 Å². The van der Waals surface area contributed by atoms with Crippen LogP contribution in [0.15, 0.2) is 34.2 Å². The molecule has 1 unspecified atom stereocenters. The Morgan fingerprint density at radius 1 is 1.33 bits per heavy atom. The average Bonchev–Trinajstić information content (AvgIpc) is 3.30. The Bertz CT molecular complexity index is 1030. The predicted octanol–water partition coefficient (Wildman–Crippen LogP) is 2.67.